The van der Waals surface area contributed by atoms with Crippen LogP contribution in [0.25, 0.3) is 27.9 Å². The van der Waals surface area contributed by atoms with Crippen molar-refractivity contribution in [2.24, 2.45) is 0 Å². The summed E-state index contributed by atoms with van der Waals surface area (Å²) >= 11 is 0. The lowest BCUT2D eigenvalue weighted by Crippen LogP contribution is -2.33. The van der Waals surface area contributed by atoms with Crippen molar-refractivity contribution in [2.45, 2.75) is 26.2 Å². The highest BCUT2D eigenvalue weighted by molar-refractivity contribution is 7.88. The molecule has 4 rings (SSSR count). The number of aromatic amines is 1. The first-order valence-corrected chi connectivity index (χ1v) is 12.1. The molecule has 0 spiro atoms. The quantitative estimate of drug-likeness (QED) is 0.557. The van der Waals surface area contributed by atoms with Gasteiger partial charge in [0.15, 0.2) is 0 Å². The second kappa shape index (κ2) is 8.76. The number of hydrogen-bond donors (Lipinski definition) is 1. The fourth-order valence-electron chi connectivity index (χ4n) is 3.63. The Bertz CT molecular complexity index is 1240. The Hall–Kier alpha value is -2.78. The number of nitrogens with one attached hydrogen (secondary N) is 1. The van der Waals surface area contributed by atoms with Crippen LogP contribution in [-0.4, -0.2) is 53.6 Å². The van der Waals surface area contributed by atoms with Gasteiger partial charge in [0.25, 0.3) is 0 Å². The number of nitrogens with zero attached hydrogens (tertiary/aromatic N) is 3. The maximum atomic E-state index is 14.7. The summed E-state index contributed by atoms with van der Waals surface area (Å²) in [5, 5.41) is 0.702. The van der Waals surface area contributed by atoms with Crippen LogP contribution in [0, 0.1) is 5.82 Å². The van der Waals surface area contributed by atoms with Crippen LogP contribution in [0.5, 0.6) is 5.75 Å². The van der Waals surface area contributed by atoms with Crippen molar-refractivity contribution in [3.05, 3.63) is 48.2 Å². The molecule has 2 aromatic heterocycles. The van der Waals surface area contributed by atoms with E-state index in [2.05, 4.69) is 21.9 Å². The van der Waals surface area contributed by atoms with Crippen molar-refractivity contribution in [2.75, 3.05) is 26.0 Å². The number of benzene rings is 1. The summed E-state index contributed by atoms with van der Waals surface area (Å²) < 4.78 is 45.3. The third-order valence-corrected chi connectivity index (χ3v) is 6.64. The minimum absolute atomic E-state index is 0.327. The average Bonchev–Trinajstić information content (AvgIpc) is 3.19. The van der Waals surface area contributed by atoms with Crippen LogP contribution in [0.15, 0.2) is 36.7 Å². The van der Waals surface area contributed by atoms with E-state index >= 15 is 0 Å². The third-order valence-electron chi connectivity index (χ3n) is 5.37. The average molecular weight is 445 g/mol. The number of H-pyrrole nitrogens is 1. The molecule has 0 radical (unpaired) electrons. The molecule has 9 heteroatoms. The molecule has 1 aliphatic heterocycles. The first-order valence-electron chi connectivity index (χ1n) is 10.3. The Balaban J connectivity index is 1.68. The van der Waals surface area contributed by atoms with Gasteiger partial charge in [-0.1, -0.05) is 19.4 Å². The van der Waals surface area contributed by atoms with Gasteiger partial charge < -0.3 is 9.72 Å². The Morgan fingerprint density at radius 1 is 1.26 bits per heavy atom. The Labute approximate surface area is 181 Å². The van der Waals surface area contributed by atoms with Gasteiger partial charge >= 0.3 is 0 Å². The number of sulfonamides is 1. The summed E-state index contributed by atoms with van der Waals surface area (Å²) in [6.45, 7) is 3.41. The van der Waals surface area contributed by atoms with Crippen molar-refractivity contribution in [3.63, 3.8) is 0 Å². The molecular formula is C22H25FN4O3S. The summed E-state index contributed by atoms with van der Waals surface area (Å²) in [5.41, 5.74) is 3.28. The largest absolute Gasteiger partial charge is 0.494 e. The first-order chi connectivity index (χ1) is 14.9. The van der Waals surface area contributed by atoms with Gasteiger partial charge in [-0.3, -0.25) is 0 Å². The topological polar surface area (TPSA) is 88.2 Å². The molecule has 1 N–H and O–H groups in total. The summed E-state index contributed by atoms with van der Waals surface area (Å²) in [6, 6.07) is 6.58. The molecule has 0 atom stereocenters. The Morgan fingerprint density at radius 3 is 2.81 bits per heavy atom. The van der Waals surface area contributed by atoms with E-state index in [0.717, 1.165) is 24.1 Å². The normalized spacial score (nSPS) is 15.3. The van der Waals surface area contributed by atoms with Gasteiger partial charge in [0.2, 0.25) is 10.0 Å². The summed E-state index contributed by atoms with van der Waals surface area (Å²) in [7, 11) is -3.21. The molecule has 0 aliphatic carbocycles. The molecule has 3 aromatic rings. The number of ether oxygens (including phenoxy) is 1. The predicted octanol–water partition coefficient (Wildman–Crippen LogP) is 3.99. The maximum Gasteiger partial charge on any atom is 0.211 e. The fraction of sp³-hybridized carbons (Fsp3) is 0.364. The Kier molecular flexibility index (Phi) is 6.06. The third kappa shape index (κ3) is 4.62. The molecule has 0 unspecified atom stereocenters. The van der Waals surface area contributed by atoms with Gasteiger partial charge in [-0.05, 0) is 42.7 Å². The van der Waals surface area contributed by atoms with Crippen LogP contribution in [0.3, 0.4) is 0 Å². The van der Waals surface area contributed by atoms with Crippen LogP contribution in [0.2, 0.25) is 0 Å². The molecule has 1 aromatic carbocycles. The van der Waals surface area contributed by atoms with Gasteiger partial charge in [0.1, 0.15) is 23.5 Å². The van der Waals surface area contributed by atoms with Crippen molar-refractivity contribution in [1.82, 2.24) is 19.3 Å². The van der Waals surface area contributed by atoms with Crippen LogP contribution in [0.4, 0.5) is 4.39 Å². The summed E-state index contributed by atoms with van der Waals surface area (Å²) in [6.07, 6.45) is 7.04. The second-order valence-electron chi connectivity index (χ2n) is 7.61. The van der Waals surface area contributed by atoms with E-state index in [-0.39, 0.29) is 5.82 Å². The van der Waals surface area contributed by atoms with Crippen LogP contribution < -0.4 is 4.74 Å². The van der Waals surface area contributed by atoms with Crippen LogP contribution in [0.1, 0.15) is 31.9 Å². The van der Waals surface area contributed by atoms with Crippen molar-refractivity contribution in [3.8, 4) is 17.0 Å². The highest BCUT2D eigenvalue weighted by atomic mass is 32.2. The summed E-state index contributed by atoms with van der Waals surface area (Å²) in [4.78, 5) is 11.9. The lowest BCUT2D eigenvalue weighted by Gasteiger charge is -2.23. The standard InChI is InChI=1S/C22H25FN4O3S/c1-3-4-11-30-16-5-6-19(23)17(12-16)21-18-13-20(26-22(18)25-14-24-21)15-7-9-27(10-8-15)31(2,28)29/h5-7,12-14H,3-4,8-11H2,1-2H3,(H,24,25,26). The number of halogens is 1. The van der Waals surface area contributed by atoms with Crippen molar-refractivity contribution >= 4 is 26.6 Å². The molecule has 3 heterocycles. The number of aromatic nitrogens is 3. The number of hydrogen-bond acceptors (Lipinski definition) is 5. The highest BCUT2D eigenvalue weighted by Gasteiger charge is 2.22. The van der Waals surface area contributed by atoms with Gasteiger partial charge in [0, 0.05) is 29.7 Å². The van der Waals surface area contributed by atoms with E-state index < -0.39 is 10.0 Å². The van der Waals surface area contributed by atoms with E-state index in [1.807, 2.05) is 12.1 Å². The molecule has 31 heavy (non-hydrogen) atoms. The molecule has 7 nitrogen and oxygen atoms in total. The predicted molar refractivity (Wildman–Crippen MR) is 119 cm³/mol. The number of fused-ring (bicyclic) bond motifs is 1. The van der Waals surface area contributed by atoms with Gasteiger partial charge in [0.05, 0.1) is 18.6 Å². The molecule has 0 saturated carbocycles. The lowest BCUT2D eigenvalue weighted by atomic mass is 10.0. The lowest BCUT2D eigenvalue weighted by molar-refractivity contribution is 0.309. The molecule has 0 saturated heterocycles. The van der Waals surface area contributed by atoms with Crippen molar-refractivity contribution < 1.29 is 17.5 Å². The highest BCUT2D eigenvalue weighted by Crippen LogP contribution is 2.33. The fourth-order valence-corrected chi connectivity index (χ4v) is 4.40. The van der Waals surface area contributed by atoms with E-state index in [0.29, 0.717) is 54.2 Å². The van der Waals surface area contributed by atoms with Gasteiger partial charge in [-0.2, -0.15) is 4.31 Å². The van der Waals surface area contributed by atoms with Gasteiger partial charge in [-0.15, -0.1) is 0 Å². The zero-order valence-corrected chi connectivity index (χ0v) is 18.4. The second-order valence-corrected chi connectivity index (χ2v) is 9.59. The zero-order valence-electron chi connectivity index (χ0n) is 17.6. The monoisotopic (exact) mass is 444 g/mol. The van der Waals surface area contributed by atoms with E-state index in [1.165, 1.54) is 23.0 Å². The first kappa shape index (κ1) is 21.5. The van der Waals surface area contributed by atoms with Gasteiger partial charge in [-0.25, -0.2) is 22.8 Å². The van der Waals surface area contributed by atoms with Crippen molar-refractivity contribution in [1.29, 1.82) is 0 Å². The van der Waals surface area contributed by atoms with E-state index in [1.54, 1.807) is 12.1 Å². The molecule has 1 aliphatic rings. The molecule has 164 valence electrons. The van der Waals surface area contributed by atoms with E-state index in [4.69, 9.17) is 4.74 Å². The summed E-state index contributed by atoms with van der Waals surface area (Å²) in [5.74, 6) is 0.217. The minimum Gasteiger partial charge on any atom is -0.494 e. The SMILES string of the molecule is CCCCOc1ccc(F)c(-c2ncnc3[nH]c(C4=CCN(S(C)(=O)=O)CC4)cc23)c1. The van der Waals surface area contributed by atoms with Crippen LogP contribution in [-0.2, 0) is 10.0 Å². The van der Waals surface area contributed by atoms with E-state index in [9.17, 15) is 12.8 Å². The molecule has 0 amide bonds. The Morgan fingerprint density at radius 2 is 2.10 bits per heavy atom. The number of rotatable bonds is 7. The molecule has 0 fully saturated rings. The minimum atomic E-state index is -3.21. The zero-order chi connectivity index (χ0) is 22.0. The molecule has 0 bridgehead atoms. The van der Waals surface area contributed by atoms with Crippen LogP contribution >= 0.6 is 0 Å². The maximum absolute atomic E-state index is 14.7. The molecular weight excluding hydrogens is 419 g/mol. The number of unbranched alkanes of at least 4 members (excludes halogenated alkanes) is 1. The smallest absolute Gasteiger partial charge is 0.211 e.